The van der Waals surface area contributed by atoms with Crippen molar-refractivity contribution < 1.29 is 13.2 Å². The molecule has 0 saturated carbocycles. The zero-order valence-electron chi connectivity index (χ0n) is 12.2. The van der Waals surface area contributed by atoms with E-state index in [1.807, 2.05) is 31.2 Å². The second-order valence-electron chi connectivity index (χ2n) is 5.21. The molecule has 0 bridgehead atoms. The Balaban J connectivity index is 2.03. The fraction of sp³-hybridized carbons (Fsp3) is 0.267. The molecule has 5 nitrogen and oxygen atoms in total. The number of fused-ring (bicyclic) bond motifs is 1. The van der Waals surface area contributed by atoms with Crippen molar-refractivity contribution in [3.8, 4) is 0 Å². The van der Waals surface area contributed by atoms with Crippen molar-refractivity contribution in [3.05, 3.63) is 46.2 Å². The third-order valence-corrected chi connectivity index (χ3v) is 6.71. The Morgan fingerprint density at radius 3 is 2.82 bits per heavy atom. The molecule has 1 amide bonds. The number of rotatable bonds is 3. The van der Waals surface area contributed by atoms with Crippen LogP contribution in [-0.2, 0) is 16.4 Å². The van der Waals surface area contributed by atoms with Crippen LogP contribution in [-0.4, -0.2) is 27.4 Å². The summed E-state index contributed by atoms with van der Waals surface area (Å²) in [6.07, 6.45) is 0.696. The summed E-state index contributed by atoms with van der Waals surface area (Å²) in [6, 6.07) is 8.82. The maximum absolute atomic E-state index is 12.9. The Kier molecular flexibility index (Phi) is 3.70. The summed E-state index contributed by atoms with van der Waals surface area (Å²) in [7, 11) is -2.14. The number of hydrogen-bond donors (Lipinski definition) is 1. The highest BCUT2D eigenvalue weighted by atomic mass is 32.2. The van der Waals surface area contributed by atoms with Gasteiger partial charge >= 0.3 is 0 Å². The van der Waals surface area contributed by atoms with Crippen molar-refractivity contribution in [2.45, 2.75) is 24.3 Å². The predicted molar refractivity (Wildman–Crippen MR) is 87.0 cm³/mol. The van der Waals surface area contributed by atoms with Crippen LogP contribution in [0.2, 0.25) is 0 Å². The van der Waals surface area contributed by atoms with Gasteiger partial charge < -0.3 is 5.32 Å². The van der Waals surface area contributed by atoms with E-state index in [9.17, 15) is 13.2 Å². The van der Waals surface area contributed by atoms with E-state index in [2.05, 4.69) is 5.32 Å². The lowest BCUT2D eigenvalue weighted by atomic mass is 10.1. The molecule has 1 N–H and O–H groups in total. The zero-order valence-corrected chi connectivity index (χ0v) is 13.9. The molecule has 1 aromatic heterocycles. The first-order valence-corrected chi connectivity index (χ1v) is 9.20. The third kappa shape index (κ3) is 2.30. The van der Waals surface area contributed by atoms with Gasteiger partial charge in [0.2, 0.25) is 0 Å². The van der Waals surface area contributed by atoms with Gasteiger partial charge in [0, 0.05) is 18.5 Å². The first-order chi connectivity index (χ1) is 10.4. The van der Waals surface area contributed by atoms with Crippen molar-refractivity contribution in [3.63, 3.8) is 0 Å². The van der Waals surface area contributed by atoms with Crippen molar-refractivity contribution in [2.75, 3.05) is 11.4 Å². The molecule has 1 aromatic carbocycles. The smallest absolute Gasteiger partial charge is 0.265 e. The molecular weight excluding hydrogens is 320 g/mol. The molecule has 2 heterocycles. The fourth-order valence-electron chi connectivity index (χ4n) is 2.71. The monoisotopic (exact) mass is 336 g/mol. The Bertz CT molecular complexity index is 827. The lowest BCUT2D eigenvalue weighted by molar-refractivity contribution is 0.0967. The number of anilines is 1. The minimum absolute atomic E-state index is 0.134. The summed E-state index contributed by atoms with van der Waals surface area (Å²) in [6.45, 7) is 1.89. The normalized spacial score (nSPS) is 17.4. The molecule has 116 valence electrons. The number of hydrogen-bond acceptors (Lipinski definition) is 4. The second-order valence-corrected chi connectivity index (χ2v) is 7.93. The van der Waals surface area contributed by atoms with E-state index >= 15 is 0 Å². The van der Waals surface area contributed by atoms with Gasteiger partial charge in [-0.15, -0.1) is 11.3 Å². The number of sulfonamides is 1. The molecule has 1 aliphatic heterocycles. The Hall–Kier alpha value is -1.86. The van der Waals surface area contributed by atoms with Crippen LogP contribution in [0.5, 0.6) is 0 Å². The van der Waals surface area contributed by atoms with Gasteiger partial charge in [0.15, 0.2) is 0 Å². The molecule has 0 fully saturated rings. The van der Waals surface area contributed by atoms with Crippen molar-refractivity contribution >= 4 is 33.0 Å². The van der Waals surface area contributed by atoms with Gasteiger partial charge in [-0.3, -0.25) is 9.10 Å². The summed E-state index contributed by atoms with van der Waals surface area (Å²) in [5.41, 5.74) is 1.75. The number of amides is 1. The van der Waals surface area contributed by atoms with Crippen molar-refractivity contribution in [1.82, 2.24) is 5.32 Å². The molecule has 7 heteroatoms. The van der Waals surface area contributed by atoms with E-state index in [1.165, 1.54) is 22.8 Å². The first-order valence-electron chi connectivity index (χ1n) is 6.88. The highest BCUT2D eigenvalue weighted by Gasteiger charge is 2.36. The maximum atomic E-state index is 12.9. The summed E-state index contributed by atoms with van der Waals surface area (Å²) >= 11 is 1.13. The van der Waals surface area contributed by atoms with Crippen LogP contribution in [0.3, 0.4) is 0 Å². The number of thiophene rings is 1. The van der Waals surface area contributed by atoms with Gasteiger partial charge in [-0.2, -0.15) is 0 Å². The molecule has 0 saturated heterocycles. The van der Waals surface area contributed by atoms with E-state index in [0.717, 1.165) is 22.6 Å². The molecular formula is C15H16N2O3S2. The highest BCUT2D eigenvalue weighted by Crippen LogP contribution is 2.37. The Labute approximate surface area is 133 Å². The fourth-order valence-corrected chi connectivity index (χ4v) is 5.61. The van der Waals surface area contributed by atoms with Crippen molar-refractivity contribution in [1.29, 1.82) is 0 Å². The van der Waals surface area contributed by atoms with E-state index < -0.39 is 10.0 Å². The minimum Gasteiger partial charge on any atom is -0.354 e. The van der Waals surface area contributed by atoms with Crippen molar-refractivity contribution in [2.24, 2.45) is 0 Å². The molecule has 0 aliphatic carbocycles. The third-order valence-electron chi connectivity index (χ3n) is 3.73. The number of benzene rings is 1. The molecule has 0 spiro atoms. The average molecular weight is 336 g/mol. The first kappa shape index (κ1) is 15.1. The van der Waals surface area contributed by atoms with Gasteiger partial charge in [0.25, 0.3) is 15.9 Å². The number of nitrogens with zero attached hydrogens (tertiary/aromatic N) is 1. The highest BCUT2D eigenvalue weighted by molar-refractivity contribution is 7.93. The SMILES string of the molecule is CNC(=O)c1cc(S(=O)(=O)N2c3ccccc3C[C@H]2C)cs1. The van der Waals surface area contributed by atoms with Crippen LogP contribution in [0.4, 0.5) is 5.69 Å². The maximum Gasteiger partial charge on any atom is 0.265 e. The van der Waals surface area contributed by atoms with Crippen LogP contribution in [0.25, 0.3) is 0 Å². The summed E-state index contributed by atoms with van der Waals surface area (Å²) < 4.78 is 27.3. The molecule has 1 aliphatic rings. The van der Waals surface area contributed by atoms with Crippen LogP contribution in [0, 0.1) is 0 Å². The largest absolute Gasteiger partial charge is 0.354 e. The van der Waals surface area contributed by atoms with E-state index in [1.54, 1.807) is 0 Å². The number of carbonyl (C=O) groups excluding carboxylic acids is 1. The lowest BCUT2D eigenvalue weighted by Gasteiger charge is -2.23. The van der Waals surface area contributed by atoms with Crippen LogP contribution < -0.4 is 9.62 Å². The number of para-hydroxylation sites is 1. The van der Waals surface area contributed by atoms with Gasteiger partial charge in [-0.1, -0.05) is 18.2 Å². The van der Waals surface area contributed by atoms with Gasteiger partial charge in [0.05, 0.1) is 15.5 Å². The van der Waals surface area contributed by atoms with Crippen LogP contribution in [0.15, 0.2) is 40.6 Å². The van der Waals surface area contributed by atoms with E-state index in [4.69, 9.17) is 0 Å². The van der Waals surface area contributed by atoms with Crippen LogP contribution >= 0.6 is 11.3 Å². The molecule has 2 aromatic rings. The number of nitrogens with one attached hydrogen (secondary N) is 1. The van der Waals surface area contributed by atoms with Gasteiger partial charge in [-0.05, 0) is 31.0 Å². The topological polar surface area (TPSA) is 66.5 Å². The van der Waals surface area contributed by atoms with Gasteiger partial charge in [-0.25, -0.2) is 8.42 Å². The summed E-state index contributed by atoms with van der Waals surface area (Å²) in [5, 5.41) is 4.02. The molecule has 0 radical (unpaired) electrons. The zero-order chi connectivity index (χ0) is 15.9. The Morgan fingerprint density at radius 1 is 1.36 bits per heavy atom. The van der Waals surface area contributed by atoms with E-state index in [-0.39, 0.29) is 16.8 Å². The van der Waals surface area contributed by atoms with Crippen LogP contribution in [0.1, 0.15) is 22.2 Å². The lowest BCUT2D eigenvalue weighted by Crippen LogP contribution is -2.35. The Morgan fingerprint density at radius 2 is 2.09 bits per heavy atom. The minimum atomic E-state index is -3.66. The summed E-state index contributed by atoms with van der Waals surface area (Å²) in [5.74, 6) is -0.277. The molecule has 22 heavy (non-hydrogen) atoms. The molecule has 0 unspecified atom stereocenters. The standard InChI is InChI=1S/C15H16N2O3S2/c1-10-7-11-5-3-4-6-13(11)17(10)22(19,20)12-8-14(21-9-12)15(18)16-2/h3-6,8-10H,7H2,1-2H3,(H,16,18)/t10-/m1/s1. The quantitative estimate of drug-likeness (QED) is 0.935. The summed E-state index contributed by atoms with van der Waals surface area (Å²) in [4.78, 5) is 12.2. The number of carbonyl (C=O) groups is 1. The average Bonchev–Trinajstić information content (AvgIpc) is 3.10. The van der Waals surface area contributed by atoms with E-state index in [0.29, 0.717) is 11.3 Å². The second kappa shape index (κ2) is 5.40. The molecule has 1 atom stereocenters. The molecule has 3 rings (SSSR count). The predicted octanol–water partition coefficient (Wildman–Crippen LogP) is 2.25. The van der Waals surface area contributed by atoms with Gasteiger partial charge in [0.1, 0.15) is 0 Å².